The predicted molar refractivity (Wildman–Crippen MR) is 66.4 cm³/mol. The summed E-state index contributed by atoms with van der Waals surface area (Å²) in [6, 6.07) is 7.41. The van der Waals surface area contributed by atoms with Crippen LogP contribution in [0.2, 0.25) is 0 Å². The number of benzene rings is 1. The number of alkyl halides is 2. The smallest absolute Gasteiger partial charge is 0.408 e. The molecule has 0 spiro atoms. The molecule has 0 radical (unpaired) electrons. The number of amides is 1. The van der Waals surface area contributed by atoms with Gasteiger partial charge in [0.1, 0.15) is 12.6 Å². The van der Waals surface area contributed by atoms with E-state index >= 15 is 0 Å². The molecule has 110 valence electrons. The van der Waals surface area contributed by atoms with Crippen LogP contribution in [0.25, 0.3) is 0 Å². The molecule has 0 saturated carbocycles. The first kappa shape index (κ1) is 15.9. The maximum Gasteiger partial charge on any atom is 0.408 e. The number of carboxylic acids is 1. The zero-order chi connectivity index (χ0) is 15.0. The van der Waals surface area contributed by atoms with E-state index in [2.05, 4.69) is 0 Å². The molecule has 2 N–H and O–H groups in total. The molecular formula is C13H15F2NO4. The minimum absolute atomic E-state index is 0.0200. The second-order valence-electron chi connectivity index (χ2n) is 4.07. The van der Waals surface area contributed by atoms with Crippen molar-refractivity contribution < 1.29 is 28.2 Å². The summed E-state index contributed by atoms with van der Waals surface area (Å²) in [6.07, 6.45) is -4.52. The first-order valence-electron chi connectivity index (χ1n) is 5.97. The van der Waals surface area contributed by atoms with E-state index in [0.29, 0.717) is 0 Å². The highest BCUT2D eigenvalue weighted by Crippen LogP contribution is 2.07. The van der Waals surface area contributed by atoms with Crippen LogP contribution in [0.5, 0.6) is 0 Å². The molecule has 20 heavy (non-hydrogen) atoms. The number of carbonyl (C=O) groups excluding carboxylic acids is 1. The first-order chi connectivity index (χ1) is 9.49. The Kier molecular flexibility index (Phi) is 6.42. The maximum absolute atomic E-state index is 12.0. The van der Waals surface area contributed by atoms with E-state index in [1.165, 1.54) is 0 Å². The van der Waals surface area contributed by atoms with E-state index in [4.69, 9.17) is 9.84 Å². The summed E-state index contributed by atoms with van der Waals surface area (Å²) >= 11 is 0. The van der Waals surface area contributed by atoms with Gasteiger partial charge in [-0.05, 0) is 12.0 Å². The summed E-state index contributed by atoms with van der Waals surface area (Å²) in [5.74, 6) is -1.37. The van der Waals surface area contributed by atoms with E-state index in [1.807, 2.05) is 5.32 Å². The Hall–Kier alpha value is -2.18. The number of carbonyl (C=O) groups is 2. The van der Waals surface area contributed by atoms with Gasteiger partial charge < -0.3 is 15.2 Å². The van der Waals surface area contributed by atoms with Crippen molar-refractivity contribution in [3.05, 3.63) is 35.9 Å². The molecule has 1 rings (SSSR count). The molecule has 0 heterocycles. The summed E-state index contributed by atoms with van der Waals surface area (Å²) in [5.41, 5.74) is 0.738. The Morgan fingerprint density at radius 2 is 1.85 bits per heavy atom. The number of hydrogen-bond acceptors (Lipinski definition) is 3. The summed E-state index contributed by atoms with van der Waals surface area (Å²) in [7, 11) is 0. The van der Waals surface area contributed by atoms with Gasteiger partial charge in [0.05, 0.1) is 0 Å². The Bertz CT molecular complexity index is 439. The monoisotopic (exact) mass is 287 g/mol. The van der Waals surface area contributed by atoms with Crippen molar-refractivity contribution in [3.8, 4) is 0 Å². The third-order valence-electron chi connectivity index (χ3n) is 2.48. The van der Waals surface area contributed by atoms with Crippen molar-refractivity contribution >= 4 is 12.1 Å². The van der Waals surface area contributed by atoms with Gasteiger partial charge in [-0.3, -0.25) is 0 Å². The molecule has 0 aliphatic carbocycles. The van der Waals surface area contributed by atoms with Crippen molar-refractivity contribution in [2.75, 3.05) is 0 Å². The fraction of sp³-hybridized carbons (Fsp3) is 0.385. The van der Waals surface area contributed by atoms with Gasteiger partial charge in [-0.25, -0.2) is 18.4 Å². The average Bonchev–Trinajstić information content (AvgIpc) is 2.41. The van der Waals surface area contributed by atoms with Gasteiger partial charge in [-0.1, -0.05) is 30.3 Å². The molecular weight excluding hydrogens is 272 g/mol. The summed E-state index contributed by atoms with van der Waals surface area (Å²) in [4.78, 5) is 22.2. The van der Waals surface area contributed by atoms with E-state index in [9.17, 15) is 18.4 Å². The molecule has 0 saturated heterocycles. The fourth-order valence-corrected chi connectivity index (χ4v) is 1.46. The Morgan fingerprint density at radius 1 is 1.20 bits per heavy atom. The minimum Gasteiger partial charge on any atom is -0.480 e. The molecule has 7 heteroatoms. The van der Waals surface area contributed by atoms with Crippen molar-refractivity contribution in [1.82, 2.24) is 5.32 Å². The third-order valence-corrected chi connectivity index (χ3v) is 2.48. The molecule has 0 aliphatic rings. The Morgan fingerprint density at radius 3 is 2.40 bits per heavy atom. The van der Waals surface area contributed by atoms with Gasteiger partial charge in [-0.15, -0.1) is 0 Å². The van der Waals surface area contributed by atoms with Crippen LogP contribution in [0.15, 0.2) is 30.3 Å². The molecule has 1 amide bonds. The molecule has 0 fully saturated rings. The van der Waals surface area contributed by atoms with Crippen LogP contribution in [-0.4, -0.2) is 29.6 Å². The number of aliphatic carboxylic acids is 1. The Balaban J connectivity index is 2.40. The number of rotatable bonds is 7. The summed E-state index contributed by atoms with van der Waals surface area (Å²) in [5, 5.41) is 10.9. The highest BCUT2D eigenvalue weighted by molar-refractivity contribution is 5.79. The largest absolute Gasteiger partial charge is 0.480 e. The summed E-state index contributed by atoms with van der Waals surface area (Å²) < 4.78 is 28.9. The SMILES string of the molecule is O=C(N[C@H](CCC(F)F)C(=O)O)OCc1ccccc1. The van der Waals surface area contributed by atoms with Crippen LogP contribution >= 0.6 is 0 Å². The molecule has 1 aromatic carbocycles. The van der Waals surface area contributed by atoms with Crippen LogP contribution in [-0.2, 0) is 16.1 Å². The van der Waals surface area contributed by atoms with Crippen LogP contribution in [0.3, 0.4) is 0 Å². The standard InChI is InChI=1S/C13H15F2NO4/c14-11(15)7-6-10(12(17)18)16-13(19)20-8-9-4-2-1-3-5-9/h1-5,10-11H,6-8H2,(H,16,19)(H,17,18)/t10-/m1/s1. The lowest BCUT2D eigenvalue weighted by atomic mass is 10.1. The summed E-state index contributed by atoms with van der Waals surface area (Å²) in [6.45, 7) is -0.0200. The lowest BCUT2D eigenvalue weighted by Crippen LogP contribution is -2.41. The van der Waals surface area contributed by atoms with Gasteiger partial charge in [0.15, 0.2) is 0 Å². The average molecular weight is 287 g/mol. The van der Waals surface area contributed by atoms with E-state index in [0.717, 1.165) is 5.56 Å². The zero-order valence-corrected chi connectivity index (χ0v) is 10.6. The number of alkyl carbamates (subject to hydrolysis) is 1. The van der Waals surface area contributed by atoms with Crippen molar-refractivity contribution in [3.63, 3.8) is 0 Å². The molecule has 0 aromatic heterocycles. The fourth-order valence-electron chi connectivity index (χ4n) is 1.46. The minimum atomic E-state index is -2.61. The van der Waals surface area contributed by atoms with Crippen molar-refractivity contribution in [2.24, 2.45) is 0 Å². The van der Waals surface area contributed by atoms with Gasteiger partial charge >= 0.3 is 12.1 Å². The van der Waals surface area contributed by atoms with Crippen LogP contribution < -0.4 is 5.32 Å². The highest BCUT2D eigenvalue weighted by Gasteiger charge is 2.22. The number of halogens is 2. The lowest BCUT2D eigenvalue weighted by Gasteiger charge is -2.14. The Labute approximate surface area is 114 Å². The molecule has 0 bridgehead atoms. The van der Waals surface area contributed by atoms with Crippen molar-refractivity contribution in [2.45, 2.75) is 31.9 Å². The van der Waals surface area contributed by atoms with Gasteiger partial charge in [0, 0.05) is 6.42 Å². The third kappa shape index (κ3) is 6.12. The normalized spacial score (nSPS) is 11.9. The second-order valence-corrected chi connectivity index (χ2v) is 4.07. The first-order valence-corrected chi connectivity index (χ1v) is 5.97. The van der Waals surface area contributed by atoms with Gasteiger partial charge in [-0.2, -0.15) is 0 Å². The number of carboxylic acid groups (broad SMARTS) is 1. The lowest BCUT2D eigenvalue weighted by molar-refractivity contribution is -0.139. The topological polar surface area (TPSA) is 75.6 Å². The number of ether oxygens (including phenoxy) is 1. The van der Waals surface area contributed by atoms with Gasteiger partial charge in [0.25, 0.3) is 0 Å². The van der Waals surface area contributed by atoms with E-state index in [1.54, 1.807) is 30.3 Å². The van der Waals surface area contributed by atoms with Crippen molar-refractivity contribution in [1.29, 1.82) is 0 Å². The zero-order valence-electron chi connectivity index (χ0n) is 10.6. The highest BCUT2D eigenvalue weighted by atomic mass is 19.3. The number of nitrogens with one attached hydrogen (secondary N) is 1. The second kappa shape index (κ2) is 8.08. The molecule has 1 aromatic rings. The maximum atomic E-state index is 12.0. The predicted octanol–water partition coefficient (Wildman–Crippen LogP) is 2.41. The molecule has 5 nitrogen and oxygen atoms in total. The van der Waals surface area contributed by atoms with E-state index in [-0.39, 0.29) is 13.0 Å². The van der Waals surface area contributed by atoms with Crippen LogP contribution in [0, 0.1) is 0 Å². The molecule has 0 aliphatic heterocycles. The quantitative estimate of drug-likeness (QED) is 0.807. The molecule has 0 unspecified atom stereocenters. The van der Waals surface area contributed by atoms with Crippen LogP contribution in [0.4, 0.5) is 13.6 Å². The molecule has 1 atom stereocenters. The van der Waals surface area contributed by atoms with Gasteiger partial charge in [0.2, 0.25) is 6.43 Å². The number of hydrogen-bond donors (Lipinski definition) is 2. The van der Waals surface area contributed by atoms with E-state index < -0.39 is 31.0 Å². The van der Waals surface area contributed by atoms with Crippen LogP contribution in [0.1, 0.15) is 18.4 Å².